The summed E-state index contributed by atoms with van der Waals surface area (Å²) in [5.74, 6) is 0.847. The minimum Gasteiger partial charge on any atom is -0.311 e. The van der Waals surface area contributed by atoms with Gasteiger partial charge in [0, 0.05) is 12.1 Å². The summed E-state index contributed by atoms with van der Waals surface area (Å²) in [7, 11) is 0. The van der Waals surface area contributed by atoms with E-state index >= 15 is 0 Å². The molecule has 0 heterocycles. The second kappa shape index (κ2) is 6.61. The van der Waals surface area contributed by atoms with Crippen LogP contribution in [0.25, 0.3) is 0 Å². The van der Waals surface area contributed by atoms with Gasteiger partial charge in [0.15, 0.2) is 0 Å². The third-order valence-electron chi connectivity index (χ3n) is 4.49. The minimum atomic E-state index is 0.497. The van der Waals surface area contributed by atoms with Gasteiger partial charge in [0.2, 0.25) is 0 Å². The molecule has 0 bridgehead atoms. The molecule has 0 amide bonds. The predicted molar refractivity (Wildman–Crippen MR) is 86.5 cm³/mol. The molecule has 19 heavy (non-hydrogen) atoms. The second-order valence-corrected chi connectivity index (χ2v) is 9.00. The number of hydrogen-bond donors (Lipinski definition) is 1. The van der Waals surface area contributed by atoms with Gasteiger partial charge in [-0.05, 0) is 49.4 Å². The summed E-state index contributed by atoms with van der Waals surface area (Å²) in [6, 6.07) is 1.39. The van der Waals surface area contributed by atoms with E-state index in [0.29, 0.717) is 22.9 Å². The van der Waals surface area contributed by atoms with E-state index in [0.717, 1.165) is 5.92 Å². The van der Waals surface area contributed by atoms with Crippen LogP contribution in [-0.2, 0) is 0 Å². The van der Waals surface area contributed by atoms with Crippen molar-refractivity contribution in [1.82, 2.24) is 5.32 Å². The first kappa shape index (κ1) is 17.0. The van der Waals surface area contributed by atoms with Crippen LogP contribution in [0.4, 0.5) is 0 Å². The molecule has 114 valence electrons. The van der Waals surface area contributed by atoms with Gasteiger partial charge in [-0.15, -0.1) is 0 Å². The number of nitrogens with one attached hydrogen (secondary N) is 1. The lowest BCUT2D eigenvalue weighted by Crippen LogP contribution is -2.46. The average Bonchev–Trinajstić information content (AvgIpc) is 2.10. The lowest BCUT2D eigenvalue weighted by atomic mass is 9.63. The van der Waals surface area contributed by atoms with Crippen molar-refractivity contribution in [1.29, 1.82) is 0 Å². The first-order chi connectivity index (χ1) is 8.60. The van der Waals surface area contributed by atoms with Crippen molar-refractivity contribution < 1.29 is 0 Å². The van der Waals surface area contributed by atoms with E-state index in [1.165, 1.54) is 38.5 Å². The summed E-state index contributed by atoms with van der Waals surface area (Å²) in [5, 5.41) is 3.90. The van der Waals surface area contributed by atoms with Gasteiger partial charge in [-0.2, -0.15) is 0 Å². The van der Waals surface area contributed by atoms with E-state index in [1.807, 2.05) is 0 Å². The lowest BCUT2D eigenvalue weighted by molar-refractivity contribution is 0.0805. The van der Waals surface area contributed by atoms with Gasteiger partial charge in [-0.25, -0.2) is 0 Å². The summed E-state index contributed by atoms with van der Waals surface area (Å²) in [6.45, 7) is 16.8. The van der Waals surface area contributed by atoms with Gasteiger partial charge >= 0.3 is 0 Å². The topological polar surface area (TPSA) is 12.0 Å². The third kappa shape index (κ3) is 6.79. The molecule has 1 fully saturated rings. The molecule has 0 saturated heterocycles. The van der Waals surface area contributed by atoms with Crippen LogP contribution in [-0.4, -0.2) is 12.1 Å². The van der Waals surface area contributed by atoms with Gasteiger partial charge < -0.3 is 5.32 Å². The standard InChI is InChI=1S/C18H37N/c1-14(2)9-8-10-15(3)19-16-11-17(4,5)13-18(6,7)12-16/h14-16,19H,8-13H2,1-7H3. The Labute approximate surface area is 121 Å². The molecule has 1 aliphatic rings. The molecule has 0 aliphatic heterocycles. The van der Waals surface area contributed by atoms with Crippen LogP contribution in [0.1, 0.15) is 87.0 Å². The highest BCUT2D eigenvalue weighted by Crippen LogP contribution is 2.45. The van der Waals surface area contributed by atoms with Crippen molar-refractivity contribution in [3.63, 3.8) is 0 Å². The third-order valence-corrected chi connectivity index (χ3v) is 4.49. The molecular weight excluding hydrogens is 230 g/mol. The minimum absolute atomic E-state index is 0.497. The largest absolute Gasteiger partial charge is 0.311 e. The molecule has 0 aromatic heterocycles. The smallest absolute Gasteiger partial charge is 0.00797 e. The second-order valence-electron chi connectivity index (χ2n) is 9.00. The predicted octanol–water partition coefficient (Wildman–Crippen LogP) is 5.40. The monoisotopic (exact) mass is 267 g/mol. The Morgan fingerprint density at radius 3 is 1.95 bits per heavy atom. The molecule has 0 aromatic carbocycles. The molecule has 1 saturated carbocycles. The zero-order valence-electron chi connectivity index (χ0n) is 14.5. The van der Waals surface area contributed by atoms with Crippen LogP contribution in [0.3, 0.4) is 0 Å². The Balaban J connectivity index is 2.39. The highest BCUT2D eigenvalue weighted by molar-refractivity contribution is 4.92. The van der Waals surface area contributed by atoms with Gasteiger partial charge in [-0.1, -0.05) is 54.4 Å². The van der Waals surface area contributed by atoms with Crippen LogP contribution in [0.2, 0.25) is 0 Å². The van der Waals surface area contributed by atoms with E-state index in [-0.39, 0.29) is 0 Å². The van der Waals surface area contributed by atoms with Crippen molar-refractivity contribution in [2.45, 2.75) is 99.1 Å². The fourth-order valence-electron chi connectivity index (χ4n) is 4.28. The van der Waals surface area contributed by atoms with Crippen molar-refractivity contribution in [2.75, 3.05) is 0 Å². The molecule has 1 aliphatic carbocycles. The van der Waals surface area contributed by atoms with Gasteiger partial charge in [-0.3, -0.25) is 0 Å². The lowest BCUT2D eigenvalue weighted by Gasteiger charge is -2.46. The van der Waals surface area contributed by atoms with Crippen LogP contribution in [0, 0.1) is 16.7 Å². The van der Waals surface area contributed by atoms with Crippen LogP contribution < -0.4 is 5.32 Å². The normalized spacial score (nSPS) is 24.6. The average molecular weight is 268 g/mol. The van der Waals surface area contributed by atoms with Crippen LogP contribution in [0.15, 0.2) is 0 Å². The van der Waals surface area contributed by atoms with E-state index in [2.05, 4.69) is 53.8 Å². The summed E-state index contributed by atoms with van der Waals surface area (Å²) in [6.07, 6.45) is 8.10. The summed E-state index contributed by atoms with van der Waals surface area (Å²) < 4.78 is 0. The van der Waals surface area contributed by atoms with E-state index in [1.54, 1.807) is 0 Å². The highest BCUT2D eigenvalue weighted by atomic mass is 15.0. The van der Waals surface area contributed by atoms with Crippen molar-refractivity contribution in [2.24, 2.45) is 16.7 Å². The maximum atomic E-state index is 3.90. The molecule has 1 rings (SSSR count). The van der Waals surface area contributed by atoms with E-state index < -0.39 is 0 Å². The quantitative estimate of drug-likeness (QED) is 0.680. The van der Waals surface area contributed by atoms with Crippen LogP contribution in [0.5, 0.6) is 0 Å². The van der Waals surface area contributed by atoms with Gasteiger partial charge in [0.1, 0.15) is 0 Å². The Morgan fingerprint density at radius 1 is 0.947 bits per heavy atom. The molecule has 1 atom stereocenters. The van der Waals surface area contributed by atoms with Gasteiger partial charge in [0.05, 0.1) is 0 Å². The molecule has 0 radical (unpaired) electrons. The molecule has 1 nitrogen and oxygen atoms in total. The van der Waals surface area contributed by atoms with E-state index in [9.17, 15) is 0 Å². The maximum absolute atomic E-state index is 3.90. The summed E-state index contributed by atoms with van der Waals surface area (Å²) in [5.41, 5.74) is 0.994. The van der Waals surface area contributed by atoms with Gasteiger partial charge in [0.25, 0.3) is 0 Å². The first-order valence-corrected chi connectivity index (χ1v) is 8.36. The molecule has 1 N–H and O–H groups in total. The zero-order valence-corrected chi connectivity index (χ0v) is 14.5. The Morgan fingerprint density at radius 2 is 1.47 bits per heavy atom. The van der Waals surface area contributed by atoms with Crippen LogP contribution >= 0.6 is 0 Å². The molecular formula is C18H37N. The fourth-order valence-corrected chi connectivity index (χ4v) is 4.28. The fraction of sp³-hybridized carbons (Fsp3) is 1.00. The van der Waals surface area contributed by atoms with Crippen molar-refractivity contribution in [3.8, 4) is 0 Å². The Hall–Kier alpha value is -0.0400. The highest BCUT2D eigenvalue weighted by Gasteiger charge is 2.38. The Bertz CT molecular complexity index is 249. The molecule has 1 heteroatoms. The zero-order chi connectivity index (χ0) is 14.7. The summed E-state index contributed by atoms with van der Waals surface area (Å²) in [4.78, 5) is 0. The Kier molecular flexibility index (Phi) is 5.92. The molecule has 0 spiro atoms. The van der Waals surface area contributed by atoms with Crippen molar-refractivity contribution in [3.05, 3.63) is 0 Å². The number of hydrogen-bond acceptors (Lipinski definition) is 1. The first-order valence-electron chi connectivity index (χ1n) is 8.36. The molecule has 1 unspecified atom stereocenters. The van der Waals surface area contributed by atoms with E-state index in [4.69, 9.17) is 0 Å². The summed E-state index contributed by atoms with van der Waals surface area (Å²) >= 11 is 0. The SMILES string of the molecule is CC(C)CCCC(C)NC1CC(C)(C)CC(C)(C)C1. The maximum Gasteiger partial charge on any atom is 0.00797 e. The van der Waals surface area contributed by atoms with Crippen molar-refractivity contribution >= 4 is 0 Å². The molecule has 0 aromatic rings. The number of rotatable bonds is 6.